The van der Waals surface area contributed by atoms with Crippen molar-refractivity contribution in [3.63, 3.8) is 0 Å². The van der Waals surface area contributed by atoms with Crippen LogP contribution in [0, 0.1) is 12.7 Å². The van der Waals surface area contributed by atoms with E-state index in [9.17, 15) is 9.18 Å². The van der Waals surface area contributed by atoms with E-state index in [0.29, 0.717) is 11.1 Å². The Morgan fingerprint density at radius 3 is 2.47 bits per heavy atom. The maximum atomic E-state index is 13.3. The van der Waals surface area contributed by atoms with Crippen molar-refractivity contribution < 1.29 is 13.9 Å². The minimum atomic E-state index is -0.497. The van der Waals surface area contributed by atoms with Crippen LogP contribution in [0.3, 0.4) is 0 Å². The maximum Gasteiger partial charge on any atom is 0.343 e. The molecule has 0 amide bonds. The maximum absolute atomic E-state index is 13.3. The van der Waals surface area contributed by atoms with Gasteiger partial charge in [0.2, 0.25) is 0 Å². The zero-order valence-corrected chi connectivity index (χ0v) is 11.4. The Balaban J connectivity index is 2.13. The summed E-state index contributed by atoms with van der Waals surface area (Å²) in [4.78, 5) is 11.9. The van der Waals surface area contributed by atoms with Crippen LogP contribution in [0.25, 0.3) is 0 Å². The van der Waals surface area contributed by atoms with Crippen molar-refractivity contribution in [1.82, 2.24) is 0 Å². The zero-order chi connectivity index (χ0) is 13.8. The molecule has 3 radical (unpaired) electrons. The number of carbonyl (C=O) groups is 1. The van der Waals surface area contributed by atoms with E-state index in [0.717, 1.165) is 11.6 Å². The SMILES string of the molecule is Cc1ccc(OC(=O)c2ccc(C[Si])cc2)cc1F. The Bertz CT molecular complexity index is 594. The lowest BCUT2D eigenvalue weighted by Gasteiger charge is -2.06. The van der Waals surface area contributed by atoms with Crippen molar-refractivity contribution in [3.05, 3.63) is 65.0 Å². The molecule has 19 heavy (non-hydrogen) atoms. The molecule has 2 nitrogen and oxygen atoms in total. The van der Waals surface area contributed by atoms with Gasteiger partial charge < -0.3 is 4.74 Å². The molecule has 0 aliphatic heterocycles. The highest BCUT2D eigenvalue weighted by molar-refractivity contribution is 6.08. The summed E-state index contributed by atoms with van der Waals surface area (Å²) in [6, 6.07) is 12.1. The van der Waals surface area contributed by atoms with E-state index in [1.165, 1.54) is 6.07 Å². The molecule has 0 aromatic heterocycles. The molecule has 4 heteroatoms. The van der Waals surface area contributed by atoms with Gasteiger partial charge in [0.15, 0.2) is 0 Å². The summed E-state index contributed by atoms with van der Waals surface area (Å²) in [6.45, 7) is 1.65. The minimum Gasteiger partial charge on any atom is -0.423 e. The van der Waals surface area contributed by atoms with Crippen molar-refractivity contribution in [3.8, 4) is 5.75 Å². The molecular formula is C15H12FO2Si. The molecule has 0 atom stereocenters. The molecule has 0 bridgehead atoms. The number of halogens is 1. The minimum absolute atomic E-state index is 0.206. The fourth-order valence-corrected chi connectivity index (χ4v) is 1.80. The molecule has 0 N–H and O–H groups in total. The summed E-state index contributed by atoms with van der Waals surface area (Å²) < 4.78 is 18.5. The fourth-order valence-electron chi connectivity index (χ4n) is 1.56. The second-order valence-electron chi connectivity index (χ2n) is 4.17. The third-order valence-electron chi connectivity index (χ3n) is 2.75. The lowest BCUT2D eigenvalue weighted by Crippen LogP contribution is -2.08. The summed E-state index contributed by atoms with van der Waals surface area (Å²) >= 11 is 0. The summed E-state index contributed by atoms with van der Waals surface area (Å²) in [5.74, 6) is -0.680. The molecule has 0 heterocycles. The van der Waals surface area contributed by atoms with Crippen molar-refractivity contribution in [2.24, 2.45) is 0 Å². The van der Waals surface area contributed by atoms with E-state index < -0.39 is 5.97 Å². The zero-order valence-electron chi connectivity index (χ0n) is 10.4. The highest BCUT2D eigenvalue weighted by atomic mass is 28.1. The summed E-state index contributed by atoms with van der Waals surface area (Å²) in [5, 5.41) is 0. The van der Waals surface area contributed by atoms with E-state index in [1.54, 1.807) is 31.2 Å². The number of rotatable bonds is 3. The van der Waals surface area contributed by atoms with E-state index in [4.69, 9.17) is 4.74 Å². The third kappa shape index (κ3) is 3.29. The molecule has 2 aromatic rings. The van der Waals surface area contributed by atoms with Gasteiger partial charge in [0.25, 0.3) is 0 Å². The monoisotopic (exact) mass is 271 g/mol. The number of benzene rings is 2. The Morgan fingerprint density at radius 2 is 1.89 bits per heavy atom. The molecule has 0 saturated heterocycles. The normalized spacial score (nSPS) is 10.3. The molecule has 0 spiro atoms. The summed E-state index contributed by atoms with van der Waals surface area (Å²) in [7, 11) is 3.38. The predicted octanol–water partition coefficient (Wildman–Crippen LogP) is 3.02. The first-order valence-corrected chi connectivity index (χ1v) is 6.52. The van der Waals surface area contributed by atoms with Crippen LogP contribution in [0.5, 0.6) is 5.75 Å². The van der Waals surface area contributed by atoms with Gasteiger partial charge in [0, 0.05) is 16.3 Å². The summed E-state index contributed by atoms with van der Waals surface area (Å²) in [6.07, 6.45) is 0. The van der Waals surface area contributed by atoms with Crippen LogP contribution in [0.2, 0.25) is 0 Å². The Kier molecular flexibility index (Phi) is 4.12. The number of aryl methyl sites for hydroxylation is 1. The highest BCUT2D eigenvalue weighted by Gasteiger charge is 2.09. The average Bonchev–Trinajstić information content (AvgIpc) is 2.43. The number of hydrogen-bond donors (Lipinski definition) is 0. The van der Waals surface area contributed by atoms with Gasteiger partial charge in [0.05, 0.1) is 5.56 Å². The van der Waals surface area contributed by atoms with E-state index in [2.05, 4.69) is 10.2 Å². The van der Waals surface area contributed by atoms with Crippen LogP contribution < -0.4 is 4.74 Å². The van der Waals surface area contributed by atoms with Crippen molar-refractivity contribution >= 4 is 16.2 Å². The first kappa shape index (κ1) is 13.5. The quantitative estimate of drug-likeness (QED) is 0.487. The molecule has 0 fully saturated rings. The largest absolute Gasteiger partial charge is 0.423 e. The van der Waals surface area contributed by atoms with Gasteiger partial charge in [0.1, 0.15) is 11.6 Å². The topological polar surface area (TPSA) is 26.3 Å². The van der Waals surface area contributed by atoms with Gasteiger partial charge in [-0.05, 0) is 36.7 Å². The van der Waals surface area contributed by atoms with Gasteiger partial charge >= 0.3 is 5.97 Å². The number of carbonyl (C=O) groups excluding carboxylic acids is 1. The van der Waals surface area contributed by atoms with Crippen molar-refractivity contribution in [2.75, 3.05) is 0 Å². The Hall–Kier alpha value is -1.94. The van der Waals surface area contributed by atoms with Gasteiger partial charge in [-0.25, -0.2) is 9.18 Å². The molecule has 2 rings (SSSR count). The van der Waals surface area contributed by atoms with E-state index in [1.807, 2.05) is 12.1 Å². The molecular weight excluding hydrogens is 259 g/mol. The van der Waals surface area contributed by atoms with Crippen LogP contribution in [0.1, 0.15) is 21.5 Å². The smallest absolute Gasteiger partial charge is 0.343 e. The van der Waals surface area contributed by atoms with Gasteiger partial charge in [-0.1, -0.05) is 23.8 Å². The second-order valence-corrected chi connectivity index (χ2v) is 4.53. The van der Waals surface area contributed by atoms with E-state index in [-0.39, 0.29) is 11.6 Å². The molecule has 0 unspecified atom stereocenters. The number of hydrogen-bond acceptors (Lipinski definition) is 2. The molecule has 95 valence electrons. The predicted molar refractivity (Wildman–Crippen MR) is 72.0 cm³/mol. The Morgan fingerprint density at radius 1 is 1.21 bits per heavy atom. The first-order chi connectivity index (χ1) is 9.10. The summed E-state index contributed by atoms with van der Waals surface area (Å²) in [5.41, 5.74) is 2.01. The van der Waals surface area contributed by atoms with Gasteiger partial charge in [-0.3, -0.25) is 0 Å². The van der Waals surface area contributed by atoms with Gasteiger partial charge in [-0.15, -0.1) is 0 Å². The molecule has 0 saturated carbocycles. The molecule has 0 aliphatic rings. The molecule has 0 aliphatic carbocycles. The lowest BCUT2D eigenvalue weighted by atomic mass is 10.1. The lowest BCUT2D eigenvalue weighted by molar-refractivity contribution is 0.0734. The second kappa shape index (κ2) is 5.80. The van der Waals surface area contributed by atoms with E-state index >= 15 is 0 Å². The van der Waals surface area contributed by atoms with Crippen LogP contribution in [0.15, 0.2) is 42.5 Å². The van der Waals surface area contributed by atoms with Crippen molar-refractivity contribution in [2.45, 2.75) is 13.0 Å². The third-order valence-corrected chi connectivity index (χ3v) is 3.16. The van der Waals surface area contributed by atoms with Crippen molar-refractivity contribution in [1.29, 1.82) is 0 Å². The van der Waals surface area contributed by atoms with Crippen LogP contribution in [0.4, 0.5) is 4.39 Å². The Labute approximate surface area is 114 Å². The van der Waals surface area contributed by atoms with Crippen LogP contribution in [-0.4, -0.2) is 16.2 Å². The average molecular weight is 271 g/mol. The highest BCUT2D eigenvalue weighted by Crippen LogP contribution is 2.17. The fraction of sp³-hybridized carbons (Fsp3) is 0.133. The van der Waals surface area contributed by atoms with Gasteiger partial charge in [-0.2, -0.15) is 0 Å². The van der Waals surface area contributed by atoms with Crippen LogP contribution >= 0.6 is 0 Å². The molecule has 2 aromatic carbocycles. The number of ether oxygens (including phenoxy) is 1. The number of esters is 1. The standard InChI is InChI=1S/C15H12FO2Si/c1-10-2-7-13(8-14(10)16)18-15(17)12-5-3-11(9-19)4-6-12/h2-8H,9H2,1H3. The first-order valence-electron chi connectivity index (χ1n) is 5.82. The van der Waals surface area contributed by atoms with Crippen LogP contribution in [-0.2, 0) is 6.04 Å².